The molecule has 0 aliphatic carbocycles. The maximum atomic E-state index is 12.9. The molecule has 1 nitrogen and oxygen atoms in total. The van der Waals surface area contributed by atoms with Crippen molar-refractivity contribution in [2.45, 2.75) is 33.7 Å². The van der Waals surface area contributed by atoms with Crippen molar-refractivity contribution < 1.29 is 4.39 Å². The van der Waals surface area contributed by atoms with Crippen LogP contribution in [0.1, 0.15) is 37.9 Å². The normalized spacial score (nSPS) is 15.4. The minimum Gasteiger partial charge on any atom is -0.324 e. The van der Waals surface area contributed by atoms with Gasteiger partial charge in [-0.25, -0.2) is 4.39 Å². The van der Waals surface area contributed by atoms with Crippen molar-refractivity contribution in [3.63, 3.8) is 0 Å². The lowest BCUT2D eigenvalue weighted by Gasteiger charge is -2.25. The van der Waals surface area contributed by atoms with E-state index in [4.69, 9.17) is 5.73 Å². The SMILES string of the molecule is Cc1cc(F)ccc1C(N)C(C)C(C)C. The van der Waals surface area contributed by atoms with Gasteiger partial charge in [0.1, 0.15) is 5.82 Å². The summed E-state index contributed by atoms with van der Waals surface area (Å²) in [6.45, 7) is 8.36. The lowest BCUT2D eigenvalue weighted by Crippen LogP contribution is -2.23. The van der Waals surface area contributed by atoms with Gasteiger partial charge in [-0.1, -0.05) is 26.8 Å². The Labute approximate surface area is 91.5 Å². The fourth-order valence-corrected chi connectivity index (χ4v) is 1.71. The molecule has 15 heavy (non-hydrogen) atoms. The summed E-state index contributed by atoms with van der Waals surface area (Å²) in [5.41, 5.74) is 8.16. The van der Waals surface area contributed by atoms with Crippen LogP contribution < -0.4 is 5.73 Å². The summed E-state index contributed by atoms with van der Waals surface area (Å²) in [6.07, 6.45) is 0. The summed E-state index contributed by atoms with van der Waals surface area (Å²) >= 11 is 0. The van der Waals surface area contributed by atoms with E-state index in [1.54, 1.807) is 12.1 Å². The molecule has 0 aliphatic rings. The lowest BCUT2D eigenvalue weighted by molar-refractivity contribution is 0.351. The molecule has 0 saturated heterocycles. The van der Waals surface area contributed by atoms with Crippen molar-refractivity contribution in [2.75, 3.05) is 0 Å². The van der Waals surface area contributed by atoms with E-state index in [-0.39, 0.29) is 11.9 Å². The summed E-state index contributed by atoms with van der Waals surface area (Å²) < 4.78 is 12.9. The third-order valence-corrected chi connectivity index (χ3v) is 3.21. The number of hydrogen-bond donors (Lipinski definition) is 1. The van der Waals surface area contributed by atoms with Gasteiger partial charge in [-0.15, -0.1) is 0 Å². The van der Waals surface area contributed by atoms with E-state index in [0.29, 0.717) is 11.8 Å². The van der Waals surface area contributed by atoms with Gasteiger partial charge in [-0.3, -0.25) is 0 Å². The van der Waals surface area contributed by atoms with Crippen LogP contribution in [-0.4, -0.2) is 0 Å². The van der Waals surface area contributed by atoms with E-state index >= 15 is 0 Å². The first-order chi connectivity index (χ1) is 6.93. The zero-order valence-electron chi connectivity index (χ0n) is 9.92. The molecule has 0 saturated carbocycles. The van der Waals surface area contributed by atoms with Crippen LogP contribution in [0.4, 0.5) is 4.39 Å². The van der Waals surface area contributed by atoms with Gasteiger partial charge in [0.05, 0.1) is 0 Å². The van der Waals surface area contributed by atoms with Crippen LogP contribution in [0, 0.1) is 24.6 Å². The van der Waals surface area contributed by atoms with Gasteiger partial charge in [0, 0.05) is 6.04 Å². The van der Waals surface area contributed by atoms with E-state index < -0.39 is 0 Å². The summed E-state index contributed by atoms with van der Waals surface area (Å²) in [4.78, 5) is 0. The molecule has 0 spiro atoms. The van der Waals surface area contributed by atoms with Gasteiger partial charge < -0.3 is 5.73 Å². The summed E-state index contributed by atoms with van der Waals surface area (Å²) in [6, 6.07) is 4.82. The summed E-state index contributed by atoms with van der Waals surface area (Å²) in [5.74, 6) is 0.735. The van der Waals surface area contributed by atoms with E-state index in [1.165, 1.54) is 6.07 Å². The van der Waals surface area contributed by atoms with E-state index in [1.807, 2.05) is 6.92 Å². The zero-order chi connectivity index (χ0) is 11.6. The van der Waals surface area contributed by atoms with Gasteiger partial charge in [0.2, 0.25) is 0 Å². The quantitative estimate of drug-likeness (QED) is 0.811. The summed E-state index contributed by atoms with van der Waals surface area (Å²) in [7, 11) is 0. The van der Waals surface area contributed by atoms with Crippen LogP contribution in [0.15, 0.2) is 18.2 Å². The number of aryl methyl sites for hydroxylation is 1. The Bertz CT molecular complexity index is 333. The highest BCUT2D eigenvalue weighted by atomic mass is 19.1. The first-order valence-corrected chi connectivity index (χ1v) is 5.45. The average Bonchev–Trinajstić information content (AvgIpc) is 2.15. The Kier molecular flexibility index (Phi) is 3.86. The third-order valence-electron chi connectivity index (χ3n) is 3.21. The van der Waals surface area contributed by atoms with Gasteiger partial charge in [0.25, 0.3) is 0 Å². The van der Waals surface area contributed by atoms with Gasteiger partial charge in [0.15, 0.2) is 0 Å². The van der Waals surface area contributed by atoms with Crippen molar-refractivity contribution in [3.8, 4) is 0 Å². The van der Waals surface area contributed by atoms with Crippen LogP contribution in [0.3, 0.4) is 0 Å². The van der Waals surface area contributed by atoms with Crippen molar-refractivity contribution in [1.82, 2.24) is 0 Å². The zero-order valence-corrected chi connectivity index (χ0v) is 9.92. The second-order valence-corrected chi connectivity index (χ2v) is 4.63. The molecule has 2 N–H and O–H groups in total. The van der Waals surface area contributed by atoms with Crippen LogP contribution in [0.2, 0.25) is 0 Å². The van der Waals surface area contributed by atoms with E-state index in [2.05, 4.69) is 20.8 Å². The molecule has 0 amide bonds. The maximum absolute atomic E-state index is 12.9. The Hall–Kier alpha value is -0.890. The molecule has 2 heteroatoms. The molecular formula is C13H20FN. The van der Waals surface area contributed by atoms with Crippen molar-refractivity contribution in [3.05, 3.63) is 35.1 Å². The smallest absolute Gasteiger partial charge is 0.123 e. The van der Waals surface area contributed by atoms with Gasteiger partial charge in [-0.2, -0.15) is 0 Å². The highest BCUT2D eigenvalue weighted by Crippen LogP contribution is 2.27. The molecule has 84 valence electrons. The van der Waals surface area contributed by atoms with Crippen LogP contribution in [0.25, 0.3) is 0 Å². The highest BCUT2D eigenvalue weighted by Gasteiger charge is 2.19. The number of nitrogens with two attached hydrogens (primary N) is 1. The molecular weight excluding hydrogens is 189 g/mol. The predicted molar refractivity (Wildman–Crippen MR) is 62.1 cm³/mol. The molecule has 0 aliphatic heterocycles. The average molecular weight is 209 g/mol. The first kappa shape index (κ1) is 12.2. The van der Waals surface area contributed by atoms with Crippen molar-refractivity contribution in [1.29, 1.82) is 0 Å². The topological polar surface area (TPSA) is 26.0 Å². The molecule has 1 aromatic rings. The van der Waals surface area contributed by atoms with E-state index in [9.17, 15) is 4.39 Å². The van der Waals surface area contributed by atoms with Crippen molar-refractivity contribution in [2.24, 2.45) is 17.6 Å². The Morgan fingerprint density at radius 1 is 1.20 bits per heavy atom. The summed E-state index contributed by atoms with van der Waals surface area (Å²) in [5, 5.41) is 0. The third kappa shape index (κ3) is 2.78. The Balaban J connectivity index is 2.96. The molecule has 2 unspecified atom stereocenters. The number of halogens is 1. The molecule has 0 radical (unpaired) electrons. The minimum absolute atomic E-state index is 0.00870. The lowest BCUT2D eigenvalue weighted by atomic mass is 9.85. The molecule has 2 atom stereocenters. The maximum Gasteiger partial charge on any atom is 0.123 e. The number of hydrogen-bond acceptors (Lipinski definition) is 1. The van der Waals surface area contributed by atoms with Crippen molar-refractivity contribution >= 4 is 0 Å². The van der Waals surface area contributed by atoms with Crippen LogP contribution >= 0.6 is 0 Å². The van der Waals surface area contributed by atoms with Gasteiger partial charge >= 0.3 is 0 Å². The van der Waals surface area contributed by atoms with Crippen LogP contribution in [-0.2, 0) is 0 Å². The molecule has 0 bridgehead atoms. The van der Waals surface area contributed by atoms with Gasteiger partial charge in [-0.05, 0) is 42.0 Å². The highest BCUT2D eigenvalue weighted by molar-refractivity contribution is 5.29. The number of rotatable bonds is 3. The molecule has 1 aromatic carbocycles. The first-order valence-electron chi connectivity index (χ1n) is 5.45. The molecule has 0 heterocycles. The predicted octanol–water partition coefficient (Wildman–Crippen LogP) is 3.43. The second kappa shape index (κ2) is 4.75. The molecule has 0 fully saturated rings. The Morgan fingerprint density at radius 3 is 2.27 bits per heavy atom. The second-order valence-electron chi connectivity index (χ2n) is 4.63. The monoisotopic (exact) mass is 209 g/mol. The number of benzene rings is 1. The standard InChI is InChI=1S/C13H20FN/c1-8(2)10(4)13(15)12-6-5-11(14)7-9(12)3/h5-8,10,13H,15H2,1-4H3. The van der Waals surface area contributed by atoms with Crippen LogP contribution in [0.5, 0.6) is 0 Å². The Morgan fingerprint density at radius 2 is 1.80 bits per heavy atom. The molecule has 0 aromatic heterocycles. The fraction of sp³-hybridized carbons (Fsp3) is 0.538. The minimum atomic E-state index is -0.194. The fourth-order valence-electron chi connectivity index (χ4n) is 1.71. The molecule has 1 rings (SSSR count). The van der Waals surface area contributed by atoms with E-state index in [0.717, 1.165) is 11.1 Å². The largest absolute Gasteiger partial charge is 0.324 e.